The standard InChI is InChI=1S/C7H6BrClO2S.Na/c8-7-2-1-6(9)3-5(7)4-12(10)11;/h1-3H,4H2,(H,10,11);/q;+1/p-1. The van der Waals surface area contributed by atoms with E-state index in [1.807, 2.05) is 0 Å². The molecule has 0 heterocycles. The van der Waals surface area contributed by atoms with Gasteiger partial charge < -0.3 is 4.55 Å². The zero-order chi connectivity index (χ0) is 9.14. The van der Waals surface area contributed by atoms with Crippen LogP contribution < -0.4 is 29.6 Å². The van der Waals surface area contributed by atoms with E-state index < -0.39 is 11.1 Å². The molecule has 66 valence electrons. The van der Waals surface area contributed by atoms with Crippen molar-refractivity contribution in [2.45, 2.75) is 5.75 Å². The molecule has 0 aromatic heterocycles. The van der Waals surface area contributed by atoms with Crippen molar-refractivity contribution in [1.29, 1.82) is 0 Å². The SMILES string of the molecule is O=S([O-])Cc1cc(Cl)ccc1Br.[Na+]. The minimum Gasteiger partial charge on any atom is -0.772 e. The summed E-state index contributed by atoms with van der Waals surface area (Å²) in [5, 5.41) is 0.540. The summed E-state index contributed by atoms with van der Waals surface area (Å²) >= 11 is 6.83. The van der Waals surface area contributed by atoms with Crippen molar-refractivity contribution < 1.29 is 38.3 Å². The van der Waals surface area contributed by atoms with Crippen LogP contribution in [-0.4, -0.2) is 8.76 Å². The van der Waals surface area contributed by atoms with Crippen LogP contribution in [0.25, 0.3) is 0 Å². The maximum absolute atomic E-state index is 10.4. The Hall–Kier alpha value is 1.10. The minimum absolute atomic E-state index is 0. The summed E-state index contributed by atoms with van der Waals surface area (Å²) in [7, 11) is 0. The first-order chi connectivity index (χ1) is 5.59. The van der Waals surface area contributed by atoms with Gasteiger partial charge in [-0.05, 0) is 23.8 Å². The first-order valence-corrected chi connectivity index (χ1v) is 5.51. The van der Waals surface area contributed by atoms with Gasteiger partial charge in [-0.25, -0.2) is 0 Å². The van der Waals surface area contributed by atoms with Crippen LogP contribution in [0.3, 0.4) is 0 Å². The molecule has 0 saturated heterocycles. The average molecular weight is 292 g/mol. The molecule has 0 fully saturated rings. The molecular weight excluding hydrogens is 286 g/mol. The van der Waals surface area contributed by atoms with Gasteiger partial charge in [-0.2, -0.15) is 0 Å². The van der Waals surface area contributed by atoms with E-state index in [2.05, 4.69) is 15.9 Å². The van der Waals surface area contributed by atoms with Gasteiger partial charge in [-0.3, -0.25) is 4.21 Å². The first-order valence-electron chi connectivity index (χ1n) is 3.09. The van der Waals surface area contributed by atoms with Crippen LogP contribution in [0, 0.1) is 0 Å². The third kappa shape index (κ3) is 4.93. The zero-order valence-electron chi connectivity index (χ0n) is 6.92. The second-order valence-electron chi connectivity index (χ2n) is 2.18. The Morgan fingerprint density at radius 3 is 2.69 bits per heavy atom. The van der Waals surface area contributed by atoms with Gasteiger partial charge in [0.15, 0.2) is 0 Å². The van der Waals surface area contributed by atoms with Gasteiger partial charge in [0.1, 0.15) is 0 Å². The molecule has 0 spiro atoms. The number of hydrogen-bond acceptors (Lipinski definition) is 2. The van der Waals surface area contributed by atoms with Crippen LogP contribution in [0.2, 0.25) is 5.02 Å². The van der Waals surface area contributed by atoms with E-state index in [0.717, 1.165) is 4.47 Å². The second-order valence-corrected chi connectivity index (χ2v) is 4.37. The van der Waals surface area contributed by atoms with Crippen LogP contribution in [0.4, 0.5) is 0 Å². The molecule has 0 aliphatic heterocycles. The van der Waals surface area contributed by atoms with E-state index in [1.54, 1.807) is 18.2 Å². The van der Waals surface area contributed by atoms with Crippen LogP contribution in [0.1, 0.15) is 5.56 Å². The van der Waals surface area contributed by atoms with Crippen molar-refractivity contribution in [3.63, 3.8) is 0 Å². The summed E-state index contributed by atoms with van der Waals surface area (Å²) in [4.78, 5) is 0. The molecule has 0 N–H and O–H groups in total. The first kappa shape index (κ1) is 14.1. The fourth-order valence-corrected chi connectivity index (χ4v) is 2.04. The molecule has 0 aliphatic rings. The monoisotopic (exact) mass is 290 g/mol. The number of hydrogen-bond donors (Lipinski definition) is 0. The summed E-state index contributed by atoms with van der Waals surface area (Å²) in [5.41, 5.74) is 0.677. The fourth-order valence-electron chi connectivity index (χ4n) is 0.781. The van der Waals surface area contributed by atoms with Crippen LogP contribution in [0.15, 0.2) is 22.7 Å². The van der Waals surface area contributed by atoms with E-state index in [1.165, 1.54) is 0 Å². The molecule has 1 aromatic carbocycles. The quantitative estimate of drug-likeness (QED) is 0.544. The van der Waals surface area contributed by atoms with E-state index in [9.17, 15) is 8.76 Å². The summed E-state index contributed by atoms with van der Waals surface area (Å²) < 4.78 is 21.5. The Kier molecular flexibility index (Phi) is 7.11. The summed E-state index contributed by atoms with van der Waals surface area (Å²) in [5.74, 6) is -0.0128. The smallest absolute Gasteiger partial charge is 0.772 e. The fraction of sp³-hybridized carbons (Fsp3) is 0.143. The van der Waals surface area contributed by atoms with E-state index in [-0.39, 0.29) is 35.3 Å². The molecule has 2 nitrogen and oxygen atoms in total. The molecule has 0 aliphatic carbocycles. The Labute approximate surface area is 115 Å². The predicted octanol–water partition coefficient (Wildman–Crippen LogP) is -0.514. The Balaban J connectivity index is 0.00000144. The predicted molar refractivity (Wildman–Crippen MR) is 51.8 cm³/mol. The van der Waals surface area contributed by atoms with E-state index in [0.29, 0.717) is 10.6 Å². The van der Waals surface area contributed by atoms with Crippen molar-refractivity contribution in [3.05, 3.63) is 33.3 Å². The second kappa shape index (κ2) is 6.56. The molecule has 1 atom stereocenters. The van der Waals surface area contributed by atoms with Crippen molar-refractivity contribution in [2.75, 3.05) is 0 Å². The third-order valence-electron chi connectivity index (χ3n) is 1.28. The summed E-state index contributed by atoms with van der Waals surface area (Å²) in [6, 6.07) is 5.05. The molecule has 6 heteroatoms. The van der Waals surface area contributed by atoms with Gasteiger partial charge in [0.05, 0.1) is 0 Å². The maximum atomic E-state index is 10.4. The molecule has 1 rings (SSSR count). The van der Waals surface area contributed by atoms with Crippen LogP contribution in [0.5, 0.6) is 0 Å². The molecular formula is C7H5BrClNaO2S. The number of rotatable bonds is 2. The molecule has 1 unspecified atom stereocenters. The molecule has 0 saturated carbocycles. The van der Waals surface area contributed by atoms with Crippen LogP contribution >= 0.6 is 27.5 Å². The molecule has 1 aromatic rings. The Morgan fingerprint density at radius 2 is 2.15 bits per heavy atom. The Morgan fingerprint density at radius 1 is 1.54 bits per heavy atom. The van der Waals surface area contributed by atoms with E-state index >= 15 is 0 Å². The summed E-state index contributed by atoms with van der Waals surface area (Å²) in [6.07, 6.45) is 0. The third-order valence-corrected chi connectivity index (χ3v) is 2.84. The van der Waals surface area contributed by atoms with Crippen molar-refractivity contribution >= 4 is 38.6 Å². The maximum Gasteiger partial charge on any atom is 1.00 e. The summed E-state index contributed by atoms with van der Waals surface area (Å²) in [6.45, 7) is 0. The van der Waals surface area contributed by atoms with E-state index in [4.69, 9.17) is 11.6 Å². The minimum atomic E-state index is -2.07. The molecule has 0 amide bonds. The largest absolute Gasteiger partial charge is 1.00 e. The van der Waals surface area contributed by atoms with Gasteiger partial charge in [0, 0.05) is 15.2 Å². The topological polar surface area (TPSA) is 40.1 Å². The molecule has 0 radical (unpaired) electrons. The van der Waals surface area contributed by atoms with Crippen molar-refractivity contribution in [2.24, 2.45) is 0 Å². The van der Waals surface area contributed by atoms with Crippen molar-refractivity contribution in [3.8, 4) is 0 Å². The van der Waals surface area contributed by atoms with Gasteiger partial charge in [-0.1, -0.05) is 38.6 Å². The van der Waals surface area contributed by atoms with Crippen LogP contribution in [-0.2, 0) is 16.8 Å². The zero-order valence-corrected chi connectivity index (χ0v) is 12.1. The molecule has 13 heavy (non-hydrogen) atoms. The van der Waals surface area contributed by atoms with Crippen molar-refractivity contribution in [1.82, 2.24) is 0 Å². The molecule has 0 bridgehead atoms. The number of halogens is 2. The number of benzene rings is 1. The average Bonchev–Trinajstić information content (AvgIpc) is 1.96. The van der Waals surface area contributed by atoms with Gasteiger partial charge >= 0.3 is 29.6 Å². The Bertz CT molecular complexity index is 321. The van der Waals surface area contributed by atoms with Gasteiger partial charge in [-0.15, -0.1) is 0 Å². The normalized spacial score (nSPS) is 11.9. The van der Waals surface area contributed by atoms with Gasteiger partial charge in [0.25, 0.3) is 0 Å². The van der Waals surface area contributed by atoms with Gasteiger partial charge in [0.2, 0.25) is 0 Å².